The average Bonchev–Trinajstić information content (AvgIpc) is 2.55. The second-order valence-electron chi connectivity index (χ2n) is 6.23. The van der Waals surface area contributed by atoms with E-state index in [1.54, 1.807) is 25.1 Å². The Morgan fingerprint density at radius 3 is 2.56 bits per heavy atom. The average molecular weight is 359 g/mol. The molecule has 0 saturated heterocycles. The predicted octanol–water partition coefficient (Wildman–Crippen LogP) is 4.77. The van der Waals surface area contributed by atoms with Gasteiger partial charge in [0.2, 0.25) is 5.88 Å². The highest BCUT2D eigenvalue weighted by Gasteiger charge is 2.19. The van der Waals surface area contributed by atoms with E-state index in [1.807, 2.05) is 26.8 Å². The lowest BCUT2D eigenvalue weighted by Crippen LogP contribution is -2.24. The number of nitriles is 1. The molecule has 2 rings (SSSR count). The Labute approximate surface area is 151 Å². The summed E-state index contributed by atoms with van der Waals surface area (Å²) in [5.41, 5.74) is 1.28. The number of pyridine rings is 1. The van der Waals surface area contributed by atoms with Crippen molar-refractivity contribution in [2.75, 3.05) is 0 Å². The van der Waals surface area contributed by atoms with Gasteiger partial charge in [-0.2, -0.15) is 10.4 Å². The van der Waals surface area contributed by atoms with Crippen LogP contribution in [0.4, 0.5) is 11.4 Å². The molecule has 0 saturated carbocycles. The van der Waals surface area contributed by atoms with Crippen molar-refractivity contribution in [3.05, 3.63) is 50.3 Å². The summed E-state index contributed by atoms with van der Waals surface area (Å²) in [6.07, 6.45) is 0. The van der Waals surface area contributed by atoms with Gasteiger partial charge in [-0.15, -0.1) is 5.11 Å². The zero-order valence-corrected chi connectivity index (χ0v) is 15.3. The van der Waals surface area contributed by atoms with Crippen LogP contribution >= 0.6 is 11.6 Å². The zero-order valence-electron chi connectivity index (χ0n) is 14.5. The molecule has 2 aromatic rings. The van der Waals surface area contributed by atoms with Crippen LogP contribution < -0.4 is 5.56 Å². The van der Waals surface area contributed by atoms with Crippen molar-refractivity contribution in [2.45, 2.75) is 34.2 Å². The molecule has 7 heteroatoms. The van der Waals surface area contributed by atoms with E-state index < -0.39 is 5.56 Å². The smallest absolute Gasteiger partial charge is 0.281 e. The van der Waals surface area contributed by atoms with Gasteiger partial charge in [-0.05, 0) is 37.5 Å². The van der Waals surface area contributed by atoms with E-state index in [1.165, 1.54) is 0 Å². The van der Waals surface area contributed by atoms with E-state index in [4.69, 9.17) is 11.6 Å². The van der Waals surface area contributed by atoms with Gasteiger partial charge in [0.15, 0.2) is 5.69 Å². The monoisotopic (exact) mass is 358 g/mol. The van der Waals surface area contributed by atoms with Crippen molar-refractivity contribution in [2.24, 2.45) is 16.1 Å². The molecule has 0 aliphatic heterocycles. The number of nitrogens with zero attached hydrogens (tertiary/aromatic N) is 4. The van der Waals surface area contributed by atoms with Crippen LogP contribution in [0.1, 0.15) is 30.5 Å². The topological polar surface area (TPSA) is 90.7 Å². The van der Waals surface area contributed by atoms with E-state index in [0.29, 0.717) is 16.3 Å². The first-order chi connectivity index (χ1) is 11.8. The maximum absolute atomic E-state index is 12.7. The second-order valence-corrected chi connectivity index (χ2v) is 6.63. The van der Waals surface area contributed by atoms with Crippen molar-refractivity contribution in [1.29, 1.82) is 5.26 Å². The minimum Gasteiger partial charge on any atom is -0.493 e. The molecule has 0 bridgehead atoms. The molecule has 0 fully saturated rings. The Morgan fingerprint density at radius 1 is 1.32 bits per heavy atom. The van der Waals surface area contributed by atoms with Crippen molar-refractivity contribution in [1.82, 2.24) is 4.57 Å². The first-order valence-corrected chi connectivity index (χ1v) is 8.18. The Kier molecular flexibility index (Phi) is 5.60. The zero-order chi connectivity index (χ0) is 18.7. The van der Waals surface area contributed by atoms with Gasteiger partial charge in [-0.1, -0.05) is 31.5 Å². The van der Waals surface area contributed by atoms with E-state index in [0.717, 1.165) is 10.1 Å². The molecule has 1 N–H and O–H groups in total. The third kappa shape index (κ3) is 3.89. The van der Waals surface area contributed by atoms with Crippen molar-refractivity contribution in [3.8, 4) is 11.9 Å². The number of rotatable bonds is 4. The Bertz CT molecular complexity index is 940. The molecule has 1 aromatic carbocycles. The summed E-state index contributed by atoms with van der Waals surface area (Å²) in [6, 6.07) is 7.11. The quantitative estimate of drug-likeness (QED) is 0.798. The lowest BCUT2D eigenvalue weighted by atomic mass is 10.1. The number of azo groups is 1. The fourth-order valence-corrected chi connectivity index (χ4v) is 2.52. The van der Waals surface area contributed by atoms with Crippen LogP contribution in [0.5, 0.6) is 5.88 Å². The molecule has 0 spiro atoms. The molecular weight excluding hydrogens is 340 g/mol. The highest BCUT2D eigenvalue weighted by molar-refractivity contribution is 6.31. The summed E-state index contributed by atoms with van der Waals surface area (Å²) in [5.74, 6) is -0.227. The lowest BCUT2D eigenvalue weighted by Gasteiger charge is -2.14. The molecule has 1 heterocycles. The summed E-state index contributed by atoms with van der Waals surface area (Å²) in [4.78, 5) is 12.7. The lowest BCUT2D eigenvalue weighted by molar-refractivity contribution is 0.381. The summed E-state index contributed by atoms with van der Waals surface area (Å²) >= 11 is 6.07. The molecule has 1 aromatic heterocycles. The molecule has 0 unspecified atom stereocenters. The summed E-state index contributed by atoms with van der Waals surface area (Å²) in [5, 5.41) is 28.2. The molecule has 6 nitrogen and oxygen atoms in total. The number of aryl methyl sites for hydroxylation is 1. The Balaban J connectivity index is 2.60. The van der Waals surface area contributed by atoms with Gasteiger partial charge in [0, 0.05) is 17.1 Å². The van der Waals surface area contributed by atoms with E-state index in [-0.39, 0.29) is 29.6 Å². The standard InChI is InChI=1S/C18H19ClN4O2/c1-10(2)9-23-17(24)14(8-20)12(4)16(18(23)25)22-21-13-6-5-11(3)15(19)7-13/h5-7,10,24H,9H2,1-4H3. The first kappa shape index (κ1) is 18.7. The number of hydrogen-bond acceptors (Lipinski definition) is 5. The number of benzene rings is 1. The van der Waals surface area contributed by atoms with Crippen LogP contribution in [0.2, 0.25) is 5.02 Å². The van der Waals surface area contributed by atoms with Gasteiger partial charge in [0.1, 0.15) is 11.6 Å². The number of halogens is 1. The van der Waals surface area contributed by atoms with Gasteiger partial charge in [0.05, 0.1) is 5.69 Å². The van der Waals surface area contributed by atoms with Crippen LogP contribution in [-0.4, -0.2) is 9.67 Å². The Morgan fingerprint density at radius 2 is 2.00 bits per heavy atom. The molecule has 25 heavy (non-hydrogen) atoms. The fraction of sp³-hybridized carbons (Fsp3) is 0.333. The maximum atomic E-state index is 12.7. The molecule has 0 amide bonds. The molecule has 130 valence electrons. The van der Waals surface area contributed by atoms with E-state index >= 15 is 0 Å². The van der Waals surface area contributed by atoms with Crippen LogP contribution in [0.3, 0.4) is 0 Å². The van der Waals surface area contributed by atoms with Crippen molar-refractivity contribution >= 4 is 23.0 Å². The van der Waals surface area contributed by atoms with Crippen molar-refractivity contribution < 1.29 is 5.11 Å². The largest absolute Gasteiger partial charge is 0.493 e. The third-order valence-corrected chi connectivity index (χ3v) is 4.14. The summed E-state index contributed by atoms with van der Waals surface area (Å²) in [6.45, 7) is 7.53. The molecule has 0 radical (unpaired) electrons. The fourth-order valence-electron chi connectivity index (χ4n) is 2.34. The third-order valence-electron chi connectivity index (χ3n) is 3.74. The van der Waals surface area contributed by atoms with E-state index in [2.05, 4.69) is 10.2 Å². The number of aromatic hydroxyl groups is 1. The van der Waals surface area contributed by atoms with Gasteiger partial charge in [0.25, 0.3) is 5.56 Å². The van der Waals surface area contributed by atoms with Gasteiger partial charge < -0.3 is 5.11 Å². The van der Waals surface area contributed by atoms with E-state index in [9.17, 15) is 15.2 Å². The maximum Gasteiger partial charge on any atom is 0.281 e. The summed E-state index contributed by atoms with van der Waals surface area (Å²) < 4.78 is 1.16. The highest BCUT2D eigenvalue weighted by atomic mass is 35.5. The number of aromatic nitrogens is 1. The van der Waals surface area contributed by atoms with Crippen LogP contribution in [0.15, 0.2) is 33.2 Å². The van der Waals surface area contributed by atoms with Gasteiger partial charge in [-0.25, -0.2) is 0 Å². The second kappa shape index (κ2) is 7.49. The minimum absolute atomic E-state index is 0.0242. The SMILES string of the molecule is Cc1ccc(N=Nc2c(C)c(C#N)c(O)n(CC(C)C)c2=O)cc1Cl. The molecule has 0 atom stereocenters. The summed E-state index contributed by atoms with van der Waals surface area (Å²) in [7, 11) is 0. The van der Waals surface area contributed by atoms with Crippen molar-refractivity contribution in [3.63, 3.8) is 0 Å². The van der Waals surface area contributed by atoms with Crippen LogP contribution in [0.25, 0.3) is 0 Å². The predicted molar refractivity (Wildman–Crippen MR) is 97.0 cm³/mol. The van der Waals surface area contributed by atoms with Crippen LogP contribution in [0, 0.1) is 31.1 Å². The molecule has 0 aliphatic rings. The Hall–Kier alpha value is -2.65. The van der Waals surface area contributed by atoms with Gasteiger partial charge >= 0.3 is 0 Å². The van der Waals surface area contributed by atoms with Gasteiger partial charge in [-0.3, -0.25) is 9.36 Å². The molecule has 0 aliphatic carbocycles. The highest BCUT2D eigenvalue weighted by Crippen LogP contribution is 2.28. The molecular formula is C18H19ClN4O2. The number of hydrogen-bond donors (Lipinski definition) is 1. The van der Waals surface area contributed by atoms with Crippen LogP contribution in [-0.2, 0) is 6.54 Å². The normalized spacial score (nSPS) is 11.2. The first-order valence-electron chi connectivity index (χ1n) is 7.80. The minimum atomic E-state index is -0.482.